The lowest BCUT2D eigenvalue weighted by Crippen LogP contribution is -2.55. The maximum atomic E-state index is 7.27. The first-order valence-corrected chi connectivity index (χ1v) is 15.6. The van der Waals surface area contributed by atoms with Crippen molar-refractivity contribution in [1.82, 2.24) is 0 Å². The van der Waals surface area contributed by atoms with E-state index in [1.54, 1.807) is 0 Å². The van der Waals surface area contributed by atoms with E-state index in [0.717, 1.165) is 0 Å². The fraction of sp³-hybridized carbons (Fsp3) is 0.200. The molecule has 7 heteroatoms. The number of hydrogen-bond donors (Lipinski definition) is 0. The van der Waals surface area contributed by atoms with E-state index >= 15 is 0 Å². The predicted molar refractivity (Wildman–Crippen MR) is 130 cm³/mol. The lowest BCUT2D eigenvalue weighted by molar-refractivity contribution is 0.636. The Labute approximate surface area is 180 Å². The van der Waals surface area contributed by atoms with Gasteiger partial charge in [-0.2, -0.15) is 45.3 Å². The molecular weight excluding hydrogens is 441 g/mol. The molecule has 0 aliphatic heterocycles. The largest absolute Gasteiger partial charge is 0.445 e. The molecule has 4 aromatic heterocycles. The number of hydrogen-bond acceptors (Lipinski definition) is 5. The standard InChI is InChI=1S/C20H22OS4Si2/c1-13-5-9-22-17(13)26(18-14(2)6-10-23-18)21-27(19-15(3)7-11-24-19)20-16(4)8-12-25-20/h5-12,26-27H,1-4H3. The van der Waals surface area contributed by atoms with Gasteiger partial charge in [-0.15, -0.1) is 0 Å². The summed E-state index contributed by atoms with van der Waals surface area (Å²) in [7, 11) is -3.42. The zero-order chi connectivity index (χ0) is 19.0. The van der Waals surface area contributed by atoms with Gasteiger partial charge in [0.2, 0.25) is 18.1 Å². The van der Waals surface area contributed by atoms with Gasteiger partial charge in [-0.1, -0.05) is 0 Å². The Balaban J connectivity index is 1.82. The Morgan fingerprint density at radius 3 is 0.963 bits per heavy atom. The van der Waals surface area contributed by atoms with Gasteiger partial charge >= 0.3 is 0 Å². The molecule has 4 rings (SSSR count). The molecule has 1 nitrogen and oxygen atoms in total. The van der Waals surface area contributed by atoms with Crippen molar-refractivity contribution >= 4 is 81.4 Å². The van der Waals surface area contributed by atoms with Crippen molar-refractivity contribution in [1.29, 1.82) is 0 Å². The van der Waals surface area contributed by atoms with Gasteiger partial charge in [0.15, 0.2) is 0 Å². The molecule has 0 aromatic carbocycles. The molecule has 0 radical (unpaired) electrons. The van der Waals surface area contributed by atoms with E-state index < -0.39 is 18.1 Å². The summed E-state index contributed by atoms with van der Waals surface area (Å²) in [5.74, 6) is 0. The van der Waals surface area contributed by atoms with Crippen molar-refractivity contribution in [2.75, 3.05) is 0 Å². The summed E-state index contributed by atoms with van der Waals surface area (Å²) >= 11 is 7.53. The Kier molecular flexibility index (Phi) is 5.98. The highest BCUT2D eigenvalue weighted by Crippen LogP contribution is 2.15. The highest BCUT2D eigenvalue weighted by Gasteiger charge is 2.32. The molecule has 0 atom stereocenters. The van der Waals surface area contributed by atoms with Crippen LogP contribution in [0, 0.1) is 27.7 Å². The number of aryl methyl sites for hydroxylation is 4. The maximum absolute atomic E-state index is 7.27. The third-order valence-corrected chi connectivity index (χ3v) is 18.3. The van der Waals surface area contributed by atoms with Crippen molar-refractivity contribution in [3.05, 3.63) is 68.0 Å². The van der Waals surface area contributed by atoms with Crippen LogP contribution in [0.15, 0.2) is 45.8 Å². The first-order chi connectivity index (χ1) is 13.1. The highest BCUT2D eigenvalue weighted by molar-refractivity contribution is 7.34. The average molecular weight is 463 g/mol. The molecular formula is C20H22OS4Si2. The fourth-order valence-electron chi connectivity index (χ4n) is 3.23. The van der Waals surface area contributed by atoms with Crippen LogP contribution in [0.2, 0.25) is 0 Å². The molecule has 0 spiro atoms. The zero-order valence-corrected chi connectivity index (χ0v) is 21.4. The maximum Gasteiger partial charge on any atom is 0.249 e. The summed E-state index contributed by atoms with van der Waals surface area (Å²) in [6.45, 7) is 8.95. The Bertz CT molecular complexity index is 879. The normalized spacial score (nSPS) is 11.8. The second-order valence-electron chi connectivity index (χ2n) is 6.77. The second-order valence-corrected chi connectivity index (χ2v) is 17.2. The minimum absolute atomic E-state index is 1.39. The third-order valence-electron chi connectivity index (χ3n) is 4.83. The summed E-state index contributed by atoms with van der Waals surface area (Å²) in [4.78, 5) is 0. The van der Waals surface area contributed by atoms with Gasteiger partial charge < -0.3 is 4.12 Å². The van der Waals surface area contributed by atoms with Crippen molar-refractivity contribution in [3.63, 3.8) is 0 Å². The smallest absolute Gasteiger partial charge is 0.249 e. The van der Waals surface area contributed by atoms with Gasteiger partial charge in [0, 0.05) is 18.0 Å². The van der Waals surface area contributed by atoms with Gasteiger partial charge in [-0.25, -0.2) is 0 Å². The number of rotatable bonds is 6. The summed E-state index contributed by atoms with van der Waals surface area (Å²) in [5.41, 5.74) is 5.57. The Morgan fingerprint density at radius 1 is 0.519 bits per heavy atom. The Morgan fingerprint density at radius 2 is 0.778 bits per heavy atom. The molecule has 0 N–H and O–H groups in total. The van der Waals surface area contributed by atoms with E-state index in [2.05, 4.69) is 73.5 Å². The summed E-state index contributed by atoms with van der Waals surface area (Å²) in [6, 6.07) is 8.98. The van der Waals surface area contributed by atoms with E-state index in [1.807, 2.05) is 45.3 Å². The van der Waals surface area contributed by atoms with Crippen LogP contribution >= 0.6 is 45.3 Å². The molecule has 0 saturated carbocycles. The quantitative estimate of drug-likeness (QED) is 0.398. The minimum Gasteiger partial charge on any atom is -0.445 e. The van der Waals surface area contributed by atoms with Crippen molar-refractivity contribution in [2.45, 2.75) is 27.7 Å². The number of thiophene rings is 4. The van der Waals surface area contributed by atoms with E-state index in [1.165, 1.54) is 40.3 Å². The lowest BCUT2D eigenvalue weighted by atomic mass is 10.4. The molecule has 0 amide bonds. The summed E-state index contributed by atoms with van der Waals surface area (Å²) in [5, 5.41) is 8.89. The molecule has 4 heterocycles. The van der Waals surface area contributed by atoms with Crippen LogP contribution in [0.3, 0.4) is 0 Å². The van der Waals surface area contributed by atoms with Gasteiger partial charge in [-0.3, -0.25) is 0 Å². The van der Waals surface area contributed by atoms with Crippen LogP contribution in [0.1, 0.15) is 22.3 Å². The minimum atomic E-state index is -1.71. The molecule has 4 aromatic rings. The van der Waals surface area contributed by atoms with E-state index in [-0.39, 0.29) is 0 Å². The van der Waals surface area contributed by atoms with Crippen molar-refractivity contribution in [2.24, 2.45) is 0 Å². The van der Waals surface area contributed by atoms with Crippen molar-refractivity contribution < 1.29 is 4.12 Å². The van der Waals surface area contributed by atoms with Crippen molar-refractivity contribution in [3.8, 4) is 0 Å². The molecule has 0 fully saturated rings. The molecule has 140 valence electrons. The molecule has 0 bridgehead atoms. The van der Waals surface area contributed by atoms with E-state index in [4.69, 9.17) is 4.12 Å². The first kappa shape index (κ1) is 19.5. The van der Waals surface area contributed by atoms with Crippen LogP contribution in [0.5, 0.6) is 0 Å². The topological polar surface area (TPSA) is 9.23 Å². The first-order valence-electron chi connectivity index (χ1n) is 8.87. The third kappa shape index (κ3) is 3.87. The summed E-state index contributed by atoms with van der Waals surface area (Å²) in [6.07, 6.45) is 0. The highest BCUT2D eigenvalue weighted by atomic mass is 32.1. The molecule has 0 aliphatic carbocycles. The van der Waals surface area contributed by atoms with Crippen LogP contribution in [-0.2, 0) is 4.12 Å². The fourth-order valence-corrected chi connectivity index (χ4v) is 18.3. The van der Waals surface area contributed by atoms with Gasteiger partial charge in [-0.05, 0) is 95.7 Å². The monoisotopic (exact) mass is 462 g/mol. The van der Waals surface area contributed by atoms with Crippen LogP contribution in [0.4, 0.5) is 0 Å². The van der Waals surface area contributed by atoms with Crippen LogP contribution in [-0.4, -0.2) is 18.1 Å². The SMILES string of the molecule is Cc1ccsc1[SiH](O[SiH](c1sccc1C)c1sccc1C)c1sccc1C. The second kappa shape index (κ2) is 8.28. The predicted octanol–water partition coefficient (Wildman–Crippen LogP) is 3.56. The van der Waals surface area contributed by atoms with Crippen LogP contribution < -0.4 is 18.0 Å². The van der Waals surface area contributed by atoms with E-state index in [9.17, 15) is 0 Å². The molecule has 0 saturated heterocycles. The Hall–Kier alpha value is -0.806. The molecule has 27 heavy (non-hydrogen) atoms. The van der Waals surface area contributed by atoms with Gasteiger partial charge in [0.1, 0.15) is 0 Å². The molecule has 0 aliphatic rings. The summed E-state index contributed by atoms with van der Waals surface area (Å²) < 4.78 is 13.2. The van der Waals surface area contributed by atoms with Gasteiger partial charge in [0.05, 0.1) is 0 Å². The van der Waals surface area contributed by atoms with Gasteiger partial charge in [0.25, 0.3) is 0 Å². The zero-order valence-electron chi connectivity index (χ0n) is 15.8. The van der Waals surface area contributed by atoms with Crippen LogP contribution in [0.25, 0.3) is 0 Å². The molecule has 0 unspecified atom stereocenters. The van der Waals surface area contributed by atoms with E-state index in [0.29, 0.717) is 0 Å². The lowest BCUT2D eigenvalue weighted by Gasteiger charge is -2.23. The average Bonchev–Trinajstić information content (AvgIpc) is 3.41.